The Balaban J connectivity index is 1.92. The normalized spacial score (nSPS) is 27.0. The molecule has 1 N–H and O–H groups in total. The number of rotatable bonds is 6. The van der Waals surface area contributed by atoms with Crippen molar-refractivity contribution in [1.82, 2.24) is 10.2 Å². The highest BCUT2D eigenvalue weighted by atomic mass is 15.3. The van der Waals surface area contributed by atoms with Gasteiger partial charge in [-0.3, -0.25) is 4.90 Å². The molecule has 0 radical (unpaired) electrons. The Hall–Kier alpha value is -0.0800. The molecule has 1 aliphatic heterocycles. The van der Waals surface area contributed by atoms with Crippen LogP contribution in [0.5, 0.6) is 0 Å². The second-order valence-corrected chi connectivity index (χ2v) is 8.12. The molecule has 1 atom stereocenters. The molecule has 1 unspecified atom stereocenters. The first-order valence-electron chi connectivity index (χ1n) is 9.00. The molecule has 118 valence electrons. The number of nitrogens with one attached hydrogen (secondary N) is 1. The van der Waals surface area contributed by atoms with E-state index in [0.717, 1.165) is 17.9 Å². The number of hydrogen-bond donors (Lipinski definition) is 1. The lowest BCUT2D eigenvalue weighted by Crippen LogP contribution is -2.63. The lowest BCUT2D eigenvalue weighted by molar-refractivity contribution is 0.0365. The summed E-state index contributed by atoms with van der Waals surface area (Å²) in [5.74, 6) is 1.66. The van der Waals surface area contributed by atoms with Gasteiger partial charge in [0.25, 0.3) is 0 Å². The maximum atomic E-state index is 3.87. The zero-order valence-electron chi connectivity index (χ0n) is 14.3. The molecule has 0 aromatic rings. The summed E-state index contributed by atoms with van der Waals surface area (Å²) < 4.78 is 0. The van der Waals surface area contributed by atoms with Crippen molar-refractivity contribution in [2.75, 3.05) is 19.6 Å². The van der Waals surface area contributed by atoms with Gasteiger partial charge in [-0.25, -0.2) is 0 Å². The maximum absolute atomic E-state index is 3.87. The van der Waals surface area contributed by atoms with Crippen LogP contribution in [-0.2, 0) is 0 Å². The molecule has 2 aliphatic rings. The van der Waals surface area contributed by atoms with E-state index >= 15 is 0 Å². The van der Waals surface area contributed by atoms with Crippen molar-refractivity contribution in [2.45, 2.75) is 84.2 Å². The molecule has 1 aliphatic carbocycles. The van der Waals surface area contributed by atoms with E-state index in [4.69, 9.17) is 0 Å². The summed E-state index contributed by atoms with van der Waals surface area (Å²) in [6.45, 7) is 13.3. The number of hydrogen-bond acceptors (Lipinski definition) is 2. The van der Waals surface area contributed by atoms with Crippen LogP contribution >= 0.6 is 0 Å². The van der Waals surface area contributed by atoms with Crippen LogP contribution in [0.25, 0.3) is 0 Å². The topological polar surface area (TPSA) is 15.3 Å². The van der Waals surface area contributed by atoms with E-state index in [9.17, 15) is 0 Å². The summed E-state index contributed by atoms with van der Waals surface area (Å²) >= 11 is 0. The number of nitrogens with zero attached hydrogens (tertiary/aromatic N) is 1. The highest BCUT2D eigenvalue weighted by molar-refractivity contribution is 5.01. The molecular weight excluding hydrogens is 244 g/mol. The fourth-order valence-corrected chi connectivity index (χ4v) is 4.24. The molecule has 0 aromatic carbocycles. The van der Waals surface area contributed by atoms with E-state index in [-0.39, 0.29) is 0 Å². The maximum Gasteiger partial charge on any atom is 0.0334 e. The van der Waals surface area contributed by atoms with Gasteiger partial charge in [-0.05, 0) is 50.5 Å². The van der Waals surface area contributed by atoms with Crippen LogP contribution in [0.1, 0.15) is 72.6 Å². The van der Waals surface area contributed by atoms with Crippen molar-refractivity contribution >= 4 is 0 Å². The van der Waals surface area contributed by atoms with Crippen molar-refractivity contribution in [3.05, 3.63) is 0 Å². The number of piperazine rings is 1. The van der Waals surface area contributed by atoms with E-state index in [1.807, 2.05) is 0 Å². The third-order valence-electron chi connectivity index (χ3n) is 5.33. The van der Waals surface area contributed by atoms with Gasteiger partial charge in [-0.2, -0.15) is 0 Å². The van der Waals surface area contributed by atoms with Crippen molar-refractivity contribution in [3.63, 3.8) is 0 Å². The quantitative estimate of drug-likeness (QED) is 0.789. The largest absolute Gasteiger partial charge is 0.311 e. The summed E-state index contributed by atoms with van der Waals surface area (Å²) in [5.41, 5.74) is 0.518. The fourth-order valence-electron chi connectivity index (χ4n) is 4.24. The minimum absolute atomic E-state index is 0.518. The van der Waals surface area contributed by atoms with Gasteiger partial charge in [0.15, 0.2) is 0 Å². The van der Waals surface area contributed by atoms with Crippen molar-refractivity contribution in [2.24, 2.45) is 11.8 Å². The third-order valence-corrected chi connectivity index (χ3v) is 5.33. The van der Waals surface area contributed by atoms with Gasteiger partial charge < -0.3 is 5.32 Å². The first kappa shape index (κ1) is 16.3. The molecule has 2 fully saturated rings. The first-order chi connectivity index (χ1) is 9.52. The molecular formula is C18H36N2. The first-order valence-corrected chi connectivity index (χ1v) is 9.00. The SMILES string of the molecule is CC(C)CCCN1CC(CC(C)C)NCC12CCCC2. The van der Waals surface area contributed by atoms with E-state index in [1.165, 1.54) is 64.6 Å². The fraction of sp³-hybridized carbons (Fsp3) is 1.00. The molecule has 2 rings (SSSR count). The molecule has 0 amide bonds. The monoisotopic (exact) mass is 280 g/mol. The summed E-state index contributed by atoms with van der Waals surface area (Å²) in [6, 6.07) is 0.722. The highest BCUT2D eigenvalue weighted by Gasteiger charge is 2.42. The average molecular weight is 281 g/mol. The average Bonchev–Trinajstić information content (AvgIpc) is 2.82. The smallest absolute Gasteiger partial charge is 0.0334 e. The van der Waals surface area contributed by atoms with E-state index in [2.05, 4.69) is 37.9 Å². The Labute approximate surface area is 126 Å². The molecule has 1 saturated carbocycles. The lowest BCUT2D eigenvalue weighted by Gasteiger charge is -2.49. The molecule has 20 heavy (non-hydrogen) atoms. The van der Waals surface area contributed by atoms with Crippen LogP contribution in [0.4, 0.5) is 0 Å². The second kappa shape index (κ2) is 7.26. The van der Waals surface area contributed by atoms with Gasteiger partial charge in [-0.1, -0.05) is 40.5 Å². The van der Waals surface area contributed by atoms with Gasteiger partial charge in [0.2, 0.25) is 0 Å². The van der Waals surface area contributed by atoms with Gasteiger partial charge in [0.1, 0.15) is 0 Å². The Morgan fingerprint density at radius 1 is 1.10 bits per heavy atom. The van der Waals surface area contributed by atoms with Gasteiger partial charge >= 0.3 is 0 Å². The Kier molecular flexibility index (Phi) is 5.92. The third kappa shape index (κ3) is 4.21. The second-order valence-electron chi connectivity index (χ2n) is 8.12. The Bertz CT molecular complexity index is 279. The molecule has 0 bridgehead atoms. The lowest BCUT2D eigenvalue weighted by atomic mass is 9.88. The summed E-state index contributed by atoms with van der Waals surface area (Å²) in [6.07, 6.45) is 9.83. The Morgan fingerprint density at radius 3 is 2.40 bits per heavy atom. The molecule has 1 saturated heterocycles. The van der Waals surface area contributed by atoms with Crippen molar-refractivity contribution < 1.29 is 0 Å². The predicted octanol–water partition coefficient (Wildman–Crippen LogP) is 4.06. The van der Waals surface area contributed by atoms with Gasteiger partial charge in [-0.15, -0.1) is 0 Å². The summed E-state index contributed by atoms with van der Waals surface area (Å²) in [7, 11) is 0. The van der Waals surface area contributed by atoms with Crippen molar-refractivity contribution in [1.29, 1.82) is 0 Å². The molecule has 0 aromatic heterocycles. The minimum atomic E-state index is 0.518. The minimum Gasteiger partial charge on any atom is -0.311 e. The summed E-state index contributed by atoms with van der Waals surface area (Å²) in [5, 5.41) is 3.87. The van der Waals surface area contributed by atoms with Crippen LogP contribution < -0.4 is 5.32 Å². The predicted molar refractivity (Wildman–Crippen MR) is 88.1 cm³/mol. The van der Waals surface area contributed by atoms with Crippen LogP contribution in [0.15, 0.2) is 0 Å². The Morgan fingerprint density at radius 2 is 1.80 bits per heavy atom. The van der Waals surface area contributed by atoms with Crippen LogP contribution in [0.3, 0.4) is 0 Å². The molecule has 2 heteroatoms. The van der Waals surface area contributed by atoms with Crippen LogP contribution in [0.2, 0.25) is 0 Å². The zero-order valence-corrected chi connectivity index (χ0v) is 14.3. The van der Waals surface area contributed by atoms with E-state index < -0.39 is 0 Å². The van der Waals surface area contributed by atoms with Gasteiger partial charge in [0.05, 0.1) is 0 Å². The van der Waals surface area contributed by atoms with Crippen molar-refractivity contribution in [3.8, 4) is 0 Å². The zero-order chi connectivity index (χ0) is 14.6. The summed E-state index contributed by atoms with van der Waals surface area (Å²) in [4.78, 5) is 2.88. The molecule has 1 spiro atoms. The standard InChI is InChI=1S/C18H36N2/c1-15(2)8-7-11-20-13-17(12-16(3)4)19-14-18(20)9-5-6-10-18/h15-17,19H,5-14H2,1-4H3. The van der Waals surface area contributed by atoms with Crippen LogP contribution in [0, 0.1) is 11.8 Å². The molecule has 1 heterocycles. The van der Waals surface area contributed by atoms with E-state index in [1.54, 1.807) is 0 Å². The van der Waals surface area contributed by atoms with E-state index in [0.29, 0.717) is 5.54 Å². The van der Waals surface area contributed by atoms with Crippen LogP contribution in [-0.4, -0.2) is 36.1 Å². The highest BCUT2D eigenvalue weighted by Crippen LogP contribution is 2.37. The van der Waals surface area contributed by atoms with Gasteiger partial charge in [0, 0.05) is 24.7 Å². The molecule has 2 nitrogen and oxygen atoms in total.